The van der Waals surface area contributed by atoms with E-state index >= 15 is 0 Å². The summed E-state index contributed by atoms with van der Waals surface area (Å²) in [4.78, 5) is 15.1. The molecule has 0 radical (unpaired) electrons. The highest BCUT2D eigenvalue weighted by molar-refractivity contribution is 6.04. The van der Waals surface area contributed by atoms with Crippen LogP contribution in [-0.4, -0.2) is 69.8 Å². The van der Waals surface area contributed by atoms with E-state index < -0.39 is 5.97 Å². The first kappa shape index (κ1) is 30.6. The fourth-order valence-electron chi connectivity index (χ4n) is 6.49. The summed E-state index contributed by atoms with van der Waals surface area (Å²) in [7, 11) is 3.78. The van der Waals surface area contributed by atoms with Gasteiger partial charge in [-0.25, -0.2) is 4.79 Å². The Morgan fingerprint density at radius 3 is 2.60 bits per heavy atom. The van der Waals surface area contributed by atoms with Crippen molar-refractivity contribution >= 4 is 27.6 Å². The zero-order chi connectivity index (χ0) is 31.3. The molecule has 0 spiro atoms. The van der Waals surface area contributed by atoms with E-state index in [0.717, 1.165) is 68.6 Å². The van der Waals surface area contributed by atoms with Gasteiger partial charge in [0.25, 0.3) is 0 Å². The second-order valence-electron chi connectivity index (χ2n) is 11.4. The van der Waals surface area contributed by atoms with Crippen molar-refractivity contribution in [3.8, 4) is 16.9 Å². The predicted octanol–water partition coefficient (Wildman–Crippen LogP) is 5.98. The van der Waals surface area contributed by atoms with Crippen molar-refractivity contribution in [3.63, 3.8) is 0 Å². The fraction of sp³-hybridized carbons (Fsp3) is 0.333. The average molecular weight is 609 g/mol. The number of carboxylic acid groups (broad SMARTS) is 1. The lowest BCUT2D eigenvalue weighted by Gasteiger charge is -2.26. The number of carboxylic acids is 1. The average Bonchev–Trinajstić information content (AvgIpc) is 3.52. The van der Waals surface area contributed by atoms with Gasteiger partial charge >= 0.3 is 5.97 Å². The Labute approximate surface area is 263 Å². The van der Waals surface area contributed by atoms with E-state index in [1.807, 2.05) is 59.7 Å². The van der Waals surface area contributed by atoms with Crippen molar-refractivity contribution in [1.29, 1.82) is 0 Å². The highest BCUT2D eigenvalue weighted by Gasteiger charge is 2.27. The lowest BCUT2D eigenvalue weighted by molar-refractivity contribution is 0.0336. The molecule has 1 saturated heterocycles. The third kappa shape index (κ3) is 6.24. The van der Waals surface area contributed by atoms with Gasteiger partial charge in [0.05, 0.1) is 49.9 Å². The lowest BCUT2D eigenvalue weighted by Crippen LogP contribution is -2.35. The van der Waals surface area contributed by atoms with Crippen molar-refractivity contribution in [1.82, 2.24) is 19.2 Å². The van der Waals surface area contributed by atoms with Crippen LogP contribution in [0.15, 0.2) is 73.3 Å². The Kier molecular flexibility index (Phi) is 9.30. The molecule has 0 unspecified atom stereocenters. The fourth-order valence-corrected chi connectivity index (χ4v) is 6.49. The molecule has 1 aliphatic heterocycles. The van der Waals surface area contributed by atoms with Gasteiger partial charge in [-0.3, -0.25) is 9.58 Å². The van der Waals surface area contributed by atoms with Crippen LogP contribution in [0.2, 0.25) is 0 Å². The molecule has 234 valence electrons. The van der Waals surface area contributed by atoms with Crippen molar-refractivity contribution in [2.75, 3.05) is 39.5 Å². The molecule has 0 amide bonds. The number of benzene rings is 3. The summed E-state index contributed by atoms with van der Waals surface area (Å²) in [5.74, 6) is -0.110. The SMILES string of the molecule is C=CCOCc1c(-c2cccc3c(CCCOc4cccc5ccccc45)c(C(=O)O)n(C)c23)c(CN2CCOCC2)nn1C. The van der Waals surface area contributed by atoms with Crippen molar-refractivity contribution in [3.05, 3.63) is 96.0 Å². The molecule has 45 heavy (non-hydrogen) atoms. The minimum absolute atomic E-state index is 0.297. The number of ether oxygens (including phenoxy) is 3. The van der Waals surface area contributed by atoms with E-state index in [1.165, 1.54) is 0 Å². The van der Waals surface area contributed by atoms with Gasteiger partial charge < -0.3 is 23.9 Å². The molecule has 1 fully saturated rings. The first-order valence-electron chi connectivity index (χ1n) is 15.5. The molecule has 6 rings (SSSR count). The molecule has 9 heteroatoms. The van der Waals surface area contributed by atoms with E-state index in [1.54, 1.807) is 6.08 Å². The summed E-state index contributed by atoms with van der Waals surface area (Å²) < 4.78 is 21.4. The maximum Gasteiger partial charge on any atom is 0.352 e. The summed E-state index contributed by atoms with van der Waals surface area (Å²) in [5, 5.41) is 18.5. The van der Waals surface area contributed by atoms with E-state index in [0.29, 0.717) is 58.1 Å². The van der Waals surface area contributed by atoms with Gasteiger partial charge in [-0.05, 0) is 29.9 Å². The Morgan fingerprint density at radius 1 is 1.04 bits per heavy atom. The molecule has 2 aromatic heterocycles. The monoisotopic (exact) mass is 608 g/mol. The zero-order valence-corrected chi connectivity index (χ0v) is 26.0. The van der Waals surface area contributed by atoms with Gasteiger partial charge in [0.2, 0.25) is 0 Å². The van der Waals surface area contributed by atoms with Gasteiger partial charge in [0, 0.05) is 55.6 Å². The summed E-state index contributed by atoms with van der Waals surface area (Å²) in [6, 6.07) is 20.3. The topological polar surface area (TPSA) is 91.0 Å². The third-order valence-electron chi connectivity index (χ3n) is 8.56. The molecule has 0 bridgehead atoms. The molecule has 5 aromatic rings. The highest BCUT2D eigenvalue weighted by Crippen LogP contribution is 2.38. The maximum absolute atomic E-state index is 12.7. The molecule has 0 atom stereocenters. The number of hydrogen-bond donors (Lipinski definition) is 1. The van der Waals surface area contributed by atoms with Crippen LogP contribution in [-0.2, 0) is 43.1 Å². The van der Waals surface area contributed by atoms with E-state index in [4.69, 9.17) is 19.3 Å². The van der Waals surface area contributed by atoms with Crippen LogP contribution in [0.1, 0.15) is 33.9 Å². The Morgan fingerprint density at radius 2 is 1.80 bits per heavy atom. The third-order valence-corrected chi connectivity index (χ3v) is 8.56. The quantitative estimate of drug-likeness (QED) is 0.130. The summed E-state index contributed by atoms with van der Waals surface area (Å²) in [6.45, 7) is 8.76. The normalized spacial score (nSPS) is 13.9. The second kappa shape index (κ2) is 13.7. The Balaban J connectivity index is 1.36. The molecule has 1 N–H and O–H groups in total. The van der Waals surface area contributed by atoms with Gasteiger partial charge in [-0.15, -0.1) is 6.58 Å². The molecule has 3 aromatic carbocycles. The molecule has 3 heterocycles. The molecular weight excluding hydrogens is 568 g/mol. The van der Waals surface area contributed by atoms with Crippen LogP contribution in [0.25, 0.3) is 32.8 Å². The minimum atomic E-state index is -0.945. The summed E-state index contributed by atoms with van der Waals surface area (Å²) in [5.41, 5.74) is 5.80. The number of aryl methyl sites for hydroxylation is 3. The molecule has 0 saturated carbocycles. The highest BCUT2D eigenvalue weighted by atomic mass is 16.5. The molecule has 1 aliphatic rings. The van der Waals surface area contributed by atoms with Gasteiger partial charge in [-0.1, -0.05) is 60.7 Å². The van der Waals surface area contributed by atoms with Crippen LogP contribution in [0.3, 0.4) is 0 Å². The number of morpholine rings is 1. The van der Waals surface area contributed by atoms with Crippen LogP contribution in [0.4, 0.5) is 0 Å². The smallest absolute Gasteiger partial charge is 0.352 e. The summed E-state index contributed by atoms with van der Waals surface area (Å²) >= 11 is 0. The number of aromatic carboxylic acids is 1. The number of rotatable bonds is 13. The summed E-state index contributed by atoms with van der Waals surface area (Å²) in [6.07, 6.45) is 2.97. The Hall–Kier alpha value is -4.44. The van der Waals surface area contributed by atoms with Crippen LogP contribution >= 0.6 is 0 Å². The largest absolute Gasteiger partial charge is 0.493 e. The number of para-hydroxylation sites is 1. The van der Waals surface area contributed by atoms with E-state index in [9.17, 15) is 9.90 Å². The van der Waals surface area contributed by atoms with Gasteiger partial charge in [-0.2, -0.15) is 5.10 Å². The van der Waals surface area contributed by atoms with Crippen molar-refractivity contribution in [2.24, 2.45) is 14.1 Å². The maximum atomic E-state index is 12.7. The van der Waals surface area contributed by atoms with Gasteiger partial charge in [0.1, 0.15) is 11.4 Å². The number of hydrogen-bond acceptors (Lipinski definition) is 6. The molecular formula is C36H40N4O5. The van der Waals surface area contributed by atoms with Crippen LogP contribution in [0.5, 0.6) is 5.75 Å². The first-order valence-corrected chi connectivity index (χ1v) is 15.5. The van der Waals surface area contributed by atoms with Crippen LogP contribution < -0.4 is 4.74 Å². The zero-order valence-electron chi connectivity index (χ0n) is 26.0. The number of fused-ring (bicyclic) bond motifs is 2. The number of aromatic nitrogens is 3. The number of carbonyl (C=O) groups is 1. The molecule has 0 aliphatic carbocycles. The second-order valence-corrected chi connectivity index (χ2v) is 11.4. The van der Waals surface area contributed by atoms with Gasteiger partial charge in [0.15, 0.2) is 0 Å². The number of nitrogens with zero attached hydrogens (tertiary/aromatic N) is 4. The standard InChI is InChI=1S/C36H40N4O5/c1-4-19-44-24-31-33(30(37-39(31)3)23-40-17-21-43-22-18-40)29-14-8-13-27-28(35(36(41)42)38(2)34(27)29)15-9-20-45-32-16-7-11-25-10-5-6-12-26(25)32/h4-8,10-14,16H,1,9,15,17-24H2,2-3H3,(H,41,42). The minimum Gasteiger partial charge on any atom is -0.493 e. The molecule has 9 nitrogen and oxygen atoms in total. The van der Waals surface area contributed by atoms with Crippen molar-refractivity contribution in [2.45, 2.75) is 26.0 Å². The first-order chi connectivity index (χ1) is 22.0. The predicted molar refractivity (Wildman–Crippen MR) is 176 cm³/mol. The van der Waals surface area contributed by atoms with E-state index in [2.05, 4.69) is 35.7 Å². The van der Waals surface area contributed by atoms with Crippen molar-refractivity contribution < 1.29 is 24.1 Å². The van der Waals surface area contributed by atoms with E-state index in [-0.39, 0.29) is 0 Å². The Bertz CT molecular complexity index is 1830. The lowest BCUT2D eigenvalue weighted by atomic mass is 9.97. The van der Waals surface area contributed by atoms with Crippen LogP contribution in [0, 0.1) is 0 Å².